The minimum Gasteiger partial charge on any atom is -0.493 e. The lowest BCUT2D eigenvalue weighted by Gasteiger charge is -2.02. The van der Waals surface area contributed by atoms with Gasteiger partial charge in [-0.25, -0.2) is 4.98 Å². The molecule has 1 aromatic carbocycles. The van der Waals surface area contributed by atoms with Gasteiger partial charge in [-0.05, 0) is 51.8 Å². The van der Waals surface area contributed by atoms with Gasteiger partial charge < -0.3 is 10.5 Å². The van der Waals surface area contributed by atoms with Crippen LogP contribution in [0.15, 0.2) is 41.0 Å². The van der Waals surface area contributed by atoms with Crippen molar-refractivity contribution in [2.75, 3.05) is 12.3 Å². The number of hydrogen-bond donors (Lipinski definition) is 1. The fourth-order valence-electron chi connectivity index (χ4n) is 2.60. The van der Waals surface area contributed by atoms with E-state index in [1.165, 1.54) is 5.56 Å². The maximum Gasteiger partial charge on any atom is 0.153 e. The zero-order chi connectivity index (χ0) is 13.7. The Kier molecular flexibility index (Phi) is 2.50. The fourth-order valence-corrected chi connectivity index (χ4v) is 3.03. The normalized spacial score (nSPS) is 13.4. The van der Waals surface area contributed by atoms with Crippen molar-refractivity contribution in [1.82, 2.24) is 9.38 Å². The van der Waals surface area contributed by atoms with Gasteiger partial charge in [0.1, 0.15) is 17.3 Å². The van der Waals surface area contributed by atoms with Crippen LogP contribution in [-0.4, -0.2) is 16.0 Å². The molecule has 4 rings (SSSR count). The molecule has 2 aromatic heterocycles. The third-order valence-corrected chi connectivity index (χ3v) is 4.22. The van der Waals surface area contributed by atoms with Gasteiger partial charge in [0.05, 0.1) is 11.1 Å². The van der Waals surface area contributed by atoms with E-state index in [1.54, 1.807) is 0 Å². The molecule has 3 heterocycles. The lowest BCUT2D eigenvalue weighted by Crippen LogP contribution is -1.94. The predicted molar refractivity (Wildman–Crippen MR) is 81.9 cm³/mol. The summed E-state index contributed by atoms with van der Waals surface area (Å²) in [4.78, 5) is 4.66. The highest BCUT2D eigenvalue weighted by Gasteiger charge is 2.17. The highest BCUT2D eigenvalue weighted by atomic mass is 79.9. The Balaban J connectivity index is 1.94. The van der Waals surface area contributed by atoms with Gasteiger partial charge in [-0.15, -0.1) is 0 Å². The zero-order valence-corrected chi connectivity index (χ0v) is 12.2. The van der Waals surface area contributed by atoms with E-state index in [1.807, 2.05) is 34.9 Å². The van der Waals surface area contributed by atoms with Crippen molar-refractivity contribution in [2.24, 2.45) is 0 Å². The number of anilines is 1. The number of benzene rings is 1. The van der Waals surface area contributed by atoms with Crippen LogP contribution >= 0.6 is 15.9 Å². The number of ether oxygens (including phenoxy) is 1. The molecule has 0 fully saturated rings. The van der Waals surface area contributed by atoms with E-state index in [0.717, 1.165) is 40.2 Å². The summed E-state index contributed by atoms with van der Waals surface area (Å²) in [5.74, 6) is 1.62. The third-order valence-electron chi connectivity index (χ3n) is 3.60. The van der Waals surface area contributed by atoms with Crippen molar-refractivity contribution in [1.29, 1.82) is 0 Å². The molecule has 100 valence electrons. The molecule has 0 unspecified atom stereocenters. The number of nitrogens with zero attached hydrogens (tertiary/aromatic N) is 2. The van der Waals surface area contributed by atoms with Crippen LogP contribution < -0.4 is 10.5 Å². The van der Waals surface area contributed by atoms with Crippen molar-refractivity contribution in [2.45, 2.75) is 6.42 Å². The van der Waals surface area contributed by atoms with E-state index < -0.39 is 0 Å². The Labute approximate surface area is 124 Å². The first-order valence-corrected chi connectivity index (χ1v) is 7.21. The average Bonchev–Trinajstić information content (AvgIpc) is 3.04. The minimum atomic E-state index is 0.653. The van der Waals surface area contributed by atoms with Gasteiger partial charge in [-0.1, -0.05) is 0 Å². The van der Waals surface area contributed by atoms with E-state index in [4.69, 9.17) is 10.5 Å². The Morgan fingerprint density at radius 1 is 1.30 bits per heavy atom. The number of nitrogens with two attached hydrogens (primary N) is 1. The van der Waals surface area contributed by atoms with Gasteiger partial charge in [0, 0.05) is 18.2 Å². The molecule has 0 saturated carbocycles. The van der Waals surface area contributed by atoms with Crippen molar-refractivity contribution in [3.05, 3.63) is 46.6 Å². The van der Waals surface area contributed by atoms with Crippen molar-refractivity contribution in [3.8, 4) is 17.0 Å². The number of imidazole rings is 1. The van der Waals surface area contributed by atoms with Crippen LogP contribution in [-0.2, 0) is 6.42 Å². The second-order valence-corrected chi connectivity index (χ2v) is 5.67. The number of rotatable bonds is 1. The molecule has 1 aliphatic rings. The molecule has 5 heteroatoms. The second-order valence-electron chi connectivity index (χ2n) is 4.82. The van der Waals surface area contributed by atoms with Gasteiger partial charge in [-0.2, -0.15) is 0 Å². The number of halogens is 1. The summed E-state index contributed by atoms with van der Waals surface area (Å²) < 4.78 is 8.36. The van der Waals surface area contributed by atoms with Crippen LogP contribution in [0.4, 0.5) is 5.82 Å². The van der Waals surface area contributed by atoms with Gasteiger partial charge in [-0.3, -0.25) is 4.40 Å². The molecule has 20 heavy (non-hydrogen) atoms. The van der Waals surface area contributed by atoms with E-state index >= 15 is 0 Å². The molecule has 4 nitrogen and oxygen atoms in total. The zero-order valence-electron chi connectivity index (χ0n) is 10.6. The lowest BCUT2D eigenvalue weighted by atomic mass is 10.1. The Hall–Kier alpha value is -2.01. The summed E-state index contributed by atoms with van der Waals surface area (Å²) in [5, 5.41) is 0. The topological polar surface area (TPSA) is 52.5 Å². The van der Waals surface area contributed by atoms with Gasteiger partial charge in [0.15, 0.2) is 5.65 Å². The average molecular weight is 330 g/mol. The third kappa shape index (κ3) is 1.63. The minimum absolute atomic E-state index is 0.653. The van der Waals surface area contributed by atoms with Crippen LogP contribution in [0.3, 0.4) is 0 Å². The summed E-state index contributed by atoms with van der Waals surface area (Å²) in [6.07, 6.45) is 2.86. The molecular formula is C15H12BrN3O. The number of pyridine rings is 1. The number of hydrogen-bond acceptors (Lipinski definition) is 3. The quantitative estimate of drug-likeness (QED) is 0.745. The summed E-state index contributed by atoms with van der Waals surface area (Å²) >= 11 is 3.51. The van der Waals surface area contributed by atoms with E-state index in [0.29, 0.717) is 5.82 Å². The number of fused-ring (bicyclic) bond motifs is 2. The molecule has 0 spiro atoms. The number of aromatic nitrogens is 2. The van der Waals surface area contributed by atoms with Crippen LogP contribution in [0.2, 0.25) is 0 Å². The van der Waals surface area contributed by atoms with Crippen molar-refractivity contribution in [3.63, 3.8) is 0 Å². The molecule has 0 atom stereocenters. The van der Waals surface area contributed by atoms with Crippen LogP contribution in [0.5, 0.6) is 5.75 Å². The van der Waals surface area contributed by atoms with Gasteiger partial charge >= 0.3 is 0 Å². The van der Waals surface area contributed by atoms with Gasteiger partial charge in [0.2, 0.25) is 0 Å². The second kappa shape index (κ2) is 4.24. The molecule has 0 saturated heterocycles. The molecule has 3 aromatic rings. The standard InChI is InChI=1S/C15H12BrN3O/c16-11-2-1-6-19-14(17)13(18-15(11)19)10-3-4-12-9(8-10)5-7-20-12/h1-4,6,8H,5,7,17H2. The summed E-state index contributed by atoms with van der Waals surface area (Å²) in [5.41, 5.74) is 10.1. The van der Waals surface area contributed by atoms with Crippen molar-refractivity contribution < 1.29 is 4.74 Å². The van der Waals surface area contributed by atoms with Crippen molar-refractivity contribution >= 4 is 27.4 Å². The predicted octanol–water partition coefficient (Wildman–Crippen LogP) is 3.28. The molecule has 1 aliphatic heterocycles. The molecule has 2 N–H and O–H groups in total. The van der Waals surface area contributed by atoms with E-state index in [-0.39, 0.29) is 0 Å². The Bertz CT molecular complexity index is 825. The maximum atomic E-state index is 6.23. The van der Waals surface area contributed by atoms with Crippen LogP contribution in [0, 0.1) is 0 Å². The highest BCUT2D eigenvalue weighted by Crippen LogP contribution is 2.34. The molecular weight excluding hydrogens is 318 g/mol. The summed E-state index contributed by atoms with van der Waals surface area (Å²) in [6.45, 7) is 0.755. The smallest absolute Gasteiger partial charge is 0.153 e. The Morgan fingerprint density at radius 3 is 3.05 bits per heavy atom. The maximum absolute atomic E-state index is 6.23. The fraction of sp³-hybridized carbons (Fsp3) is 0.133. The first kappa shape index (κ1) is 11.8. The van der Waals surface area contributed by atoms with E-state index in [9.17, 15) is 0 Å². The first-order chi connectivity index (χ1) is 9.74. The molecule has 0 radical (unpaired) electrons. The van der Waals surface area contributed by atoms with Gasteiger partial charge in [0.25, 0.3) is 0 Å². The van der Waals surface area contributed by atoms with E-state index in [2.05, 4.69) is 27.0 Å². The van der Waals surface area contributed by atoms with Crippen LogP contribution in [0.25, 0.3) is 16.9 Å². The highest BCUT2D eigenvalue weighted by molar-refractivity contribution is 9.10. The lowest BCUT2D eigenvalue weighted by molar-refractivity contribution is 0.357. The summed E-state index contributed by atoms with van der Waals surface area (Å²) in [6, 6.07) is 10.0. The monoisotopic (exact) mass is 329 g/mol. The summed E-state index contributed by atoms with van der Waals surface area (Å²) in [7, 11) is 0. The number of nitrogen functional groups attached to an aromatic ring is 1. The van der Waals surface area contributed by atoms with Crippen LogP contribution in [0.1, 0.15) is 5.56 Å². The molecule has 0 amide bonds. The molecule has 0 aliphatic carbocycles. The molecule has 0 bridgehead atoms. The largest absolute Gasteiger partial charge is 0.493 e. The Morgan fingerprint density at radius 2 is 2.20 bits per heavy atom. The first-order valence-electron chi connectivity index (χ1n) is 6.42. The SMILES string of the molecule is Nc1c(-c2ccc3c(c2)CCO3)nc2c(Br)cccn12.